The van der Waals surface area contributed by atoms with E-state index in [2.05, 4.69) is 10.0 Å². The Hall–Kier alpha value is -1.12. The molecule has 2 N–H and O–H groups in total. The molecule has 0 radical (unpaired) electrons. The monoisotopic (exact) mass is 318 g/mol. The van der Waals surface area contributed by atoms with Gasteiger partial charge in [0.25, 0.3) is 0 Å². The van der Waals surface area contributed by atoms with Crippen molar-refractivity contribution in [1.82, 2.24) is 4.72 Å². The number of fused-ring (bicyclic) bond motifs is 1. The van der Waals surface area contributed by atoms with Crippen LogP contribution in [0.4, 0.5) is 5.69 Å². The van der Waals surface area contributed by atoms with Gasteiger partial charge in [-0.3, -0.25) is 0 Å². The van der Waals surface area contributed by atoms with Crippen molar-refractivity contribution in [1.29, 1.82) is 0 Å². The smallest absolute Gasteiger partial charge is 0.240 e. The zero-order valence-corrected chi connectivity index (χ0v) is 12.9. The summed E-state index contributed by atoms with van der Waals surface area (Å²) < 4.78 is 48.5. The molecule has 2 rings (SSSR count). The Labute approximate surface area is 119 Å². The van der Waals surface area contributed by atoms with Gasteiger partial charge in [-0.15, -0.1) is 0 Å². The number of anilines is 1. The van der Waals surface area contributed by atoms with E-state index in [1.807, 2.05) is 0 Å². The van der Waals surface area contributed by atoms with Crippen LogP contribution in [0.15, 0.2) is 23.1 Å². The van der Waals surface area contributed by atoms with Crippen LogP contribution in [0.1, 0.15) is 12.0 Å². The van der Waals surface area contributed by atoms with E-state index in [9.17, 15) is 16.8 Å². The van der Waals surface area contributed by atoms with Crippen molar-refractivity contribution in [2.24, 2.45) is 0 Å². The van der Waals surface area contributed by atoms with Gasteiger partial charge in [-0.25, -0.2) is 21.6 Å². The van der Waals surface area contributed by atoms with Crippen LogP contribution in [0.3, 0.4) is 0 Å². The molecule has 1 aliphatic rings. The molecule has 0 amide bonds. The maximum Gasteiger partial charge on any atom is 0.240 e. The highest BCUT2D eigenvalue weighted by molar-refractivity contribution is 7.90. The molecule has 0 atom stereocenters. The Morgan fingerprint density at radius 3 is 2.70 bits per heavy atom. The Morgan fingerprint density at radius 2 is 2.00 bits per heavy atom. The molecule has 1 heterocycles. The molecule has 0 saturated heterocycles. The summed E-state index contributed by atoms with van der Waals surface area (Å²) in [6.45, 7) is 0.936. The Kier molecular flexibility index (Phi) is 4.36. The maximum atomic E-state index is 12.1. The molecule has 0 aliphatic carbocycles. The summed E-state index contributed by atoms with van der Waals surface area (Å²) in [7, 11) is -6.63. The molecule has 0 unspecified atom stereocenters. The first kappa shape index (κ1) is 15.3. The Morgan fingerprint density at radius 1 is 1.25 bits per heavy atom. The minimum Gasteiger partial charge on any atom is -0.384 e. The number of nitrogens with one attached hydrogen (secondary N) is 2. The van der Waals surface area contributed by atoms with Crippen molar-refractivity contribution in [2.45, 2.75) is 17.7 Å². The summed E-state index contributed by atoms with van der Waals surface area (Å²) in [6, 6.07) is 4.97. The summed E-state index contributed by atoms with van der Waals surface area (Å²) in [5.41, 5.74) is 1.96. The zero-order chi connectivity index (χ0) is 14.8. The maximum absolute atomic E-state index is 12.1. The van der Waals surface area contributed by atoms with Crippen LogP contribution in [0.5, 0.6) is 0 Å². The standard InChI is InChI=1S/C12H18N2O4S2/c1-19(15,16)8-2-6-14-20(17,18)11-3-4-12-10(9-11)5-7-13-12/h3-4,9,13-14H,2,5-8H2,1H3. The largest absolute Gasteiger partial charge is 0.384 e. The molecule has 8 heteroatoms. The van der Waals surface area contributed by atoms with E-state index >= 15 is 0 Å². The molecule has 20 heavy (non-hydrogen) atoms. The van der Waals surface area contributed by atoms with Gasteiger partial charge in [0, 0.05) is 25.0 Å². The molecule has 1 aromatic rings. The first-order valence-corrected chi connectivity index (χ1v) is 9.86. The molecular weight excluding hydrogens is 300 g/mol. The van der Waals surface area contributed by atoms with E-state index in [-0.39, 0.29) is 23.6 Å². The highest BCUT2D eigenvalue weighted by Gasteiger charge is 2.17. The molecule has 0 aromatic heterocycles. The van der Waals surface area contributed by atoms with Crippen LogP contribution in [-0.2, 0) is 26.3 Å². The van der Waals surface area contributed by atoms with E-state index in [0.29, 0.717) is 0 Å². The van der Waals surface area contributed by atoms with Gasteiger partial charge in [0.15, 0.2) is 0 Å². The second kappa shape index (κ2) is 5.71. The van der Waals surface area contributed by atoms with Gasteiger partial charge in [0.1, 0.15) is 9.84 Å². The molecule has 0 bridgehead atoms. The van der Waals surface area contributed by atoms with Crippen LogP contribution in [0.25, 0.3) is 0 Å². The molecule has 1 aromatic carbocycles. The third-order valence-corrected chi connectivity index (χ3v) is 5.57. The fraction of sp³-hybridized carbons (Fsp3) is 0.500. The molecule has 0 fully saturated rings. The Balaban J connectivity index is 2.00. The number of benzene rings is 1. The van der Waals surface area contributed by atoms with Gasteiger partial charge >= 0.3 is 0 Å². The van der Waals surface area contributed by atoms with E-state index in [1.54, 1.807) is 18.2 Å². The van der Waals surface area contributed by atoms with Crippen molar-refractivity contribution >= 4 is 25.5 Å². The molecule has 0 saturated carbocycles. The fourth-order valence-corrected chi connectivity index (χ4v) is 3.87. The first-order valence-electron chi connectivity index (χ1n) is 6.32. The van der Waals surface area contributed by atoms with Crippen LogP contribution in [0, 0.1) is 0 Å². The number of hydrogen-bond acceptors (Lipinski definition) is 5. The third kappa shape index (κ3) is 3.94. The van der Waals surface area contributed by atoms with Gasteiger partial charge in [0.05, 0.1) is 10.6 Å². The molecular formula is C12H18N2O4S2. The summed E-state index contributed by atoms with van der Waals surface area (Å²) in [5.74, 6) is -0.0242. The van der Waals surface area contributed by atoms with E-state index < -0.39 is 19.9 Å². The fourth-order valence-electron chi connectivity index (χ4n) is 2.07. The summed E-state index contributed by atoms with van der Waals surface area (Å²) in [5, 5.41) is 3.17. The topological polar surface area (TPSA) is 92.3 Å². The minimum atomic E-state index is -3.57. The predicted molar refractivity (Wildman–Crippen MR) is 78.2 cm³/mol. The number of sulfonamides is 1. The van der Waals surface area contributed by atoms with Gasteiger partial charge in [-0.05, 0) is 36.6 Å². The molecule has 112 valence electrons. The van der Waals surface area contributed by atoms with E-state index in [4.69, 9.17) is 0 Å². The normalized spacial score (nSPS) is 14.8. The predicted octanol–water partition coefficient (Wildman–Crippen LogP) is 0.368. The van der Waals surface area contributed by atoms with E-state index in [0.717, 1.165) is 30.5 Å². The van der Waals surface area contributed by atoms with Gasteiger partial charge in [-0.1, -0.05) is 0 Å². The van der Waals surface area contributed by atoms with Gasteiger partial charge in [-0.2, -0.15) is 0 Å². The average molecular weight is 318 g/mol. The van der Waals surface area contributed by atoms with Crippen molar-refractivity contribution < 1.29 is 16.8 Å². The van der Waals surface area contributed by atoms with Crippen LogP contribution >= 0.6 is 0 Å². The average Bonchev–Trinajstić information content (AvgIpc) is 2.80. The molecule has 6 nitrogen and oxygen atoms in total. The lowest BCUT2D eigenvalue weighted by Crippen LogP contribution is -2.26. The zero-order valence-electron chi connectivity index (χ0n) is 11.2. The number of sulfone groups is 1. The second-order valence-electron chi connectivity index (χ2n) is 4.88. The quantitative estimate of drug-likeness (QED) is 0.739. The number of hydrogen-bond donors (Lipinski definition) is 2. The van der Waals surface area contributed by atoms with E-state index in [1.165, 1.54) is 0 Å². The lowest BCUT2D eigenvalue weighted by molar-refractivity contribution is 0.577. The van der Waals surface area contributed by atoms with Crippen LogP contribution < -0.4 is 10.0 Å². The lowest BCUT2D eigenvalue weighted by Gasteiger charge is -2.08. The highest BCUT2D eigenvalue weighted by atomic mass is 32.2. The third-order valence-electron chi connectivity index (χ3n) is 3.08. The summed E-state index contributed by atoms with van der Waals surface area (Å²) >= 11 is 0. The van der Waals surface area contributed by atoms with Crippen molar-refractivity contribution in [3.8, 4) is 0 Å². The Bertz CT molecular complexity index is 696. The first-order chi connectivity index (χ1) is 9.28. The van der Waals surface area contributed by atoms with Gasteiger partial charge < -0.3 is 5.32 Å². The minimum absolute atomic E-state index is 0.0242. The second-order valence-corrected chi connectivity index (χ2v) is 8.90. The van der Waals surface area contributed by atoms with Crippen LogP contribution in [0.2, 0.25) is 0 Å². The van der Waals surface area contributed by atoms with Crippen LogP contribution in [-0.4, -0.2) is 41.9 Å². The summed E-state index contributed by atoms with van der Waals surface area (Å²) in [4.78, 5) is 0.222. The van der Waals surface area contributed by atoms with Gasteiger partial charge in [0.2, 0.25) is 10.0 Å². The number of rotatable bonds is 6. The van der Waals surface area contributed by atoms with Crippen molar-refractivity contribution in [3.05, 3.63) is 23.8 Å². The van der Waals surface area contributed by atoms with Crippen molar-refractivity contribution in [3.63, 3.8) is 0 Å². The summed E-state index contributed by atoms with van der Waals surface area (Å²) in [6.07, 6.45) is 2.21. The SMILES string of the molecule is CS(=O)(=O)CCCNS(=O)(=O)c1ccc2c(c1)CCN2. The highest BCUT2D eigenvalue weighted by Crippen LogP contribution is 2.24. The lowest BCUT2D eigenvalue weighted by atomic mass is 10.2. The van der Waals surface area contributed by atoms with Crippen molar-refractivity contribution in [2.75, 3.05) is 30.4 Å². The molecule has 0 spiro atoms. The molecule has 1 aliphatic heterocycles.